The smallest absolute Gasteiger partial charge is 0.408 e. The Kier molecular flexibility index (Phi) is 6.56. The van der Waals surface area contributed by atoms with Gasteiger partial charge in [0.1, 0.15) is 5.75 Å². The molecule has 3 heterocycles. The third-order valence-corrected chi connectivity index (χ3v) is 8.58. The Hall–Kier alpha value is -2.53. The zero-order chi connectivity index (χ0) is 24.7. The largest absolute Gasteiger partial charge is 0.494 e. The van der Waals surface area contributed by atoms with Gasteiger partial charge in [-0.2, -0.15) is 0 Å². The van der Waals surface area contributed by atoms with Gasteiger partial charge in [0, 0.05) is 6.54 Å². The third-order valence-electron chi connectivity index (χ3n) is 8.58. The first kappa shape index (κ1) is 24.2. The fourth-order valence-electron chi connectivity index (χ4n) is 6.79. The lowest BCUT2D eigenvalue weighted by atomic mass is 9.79. The number of carboxylic acid groups (broad SMARTS) is 1. The zero-order valence-electron chi connectivity index (χ0n) is 21.7. The lowest BCUT2D eigenvalue weighted by molar-refractivity contribution is -0.0267. The fraction of sp³-hybridized carbons (Fsp3) is 0.567. The van der Waals surface area contributed by atoms with Crippen LogP contribution in [0.4, 0.5) is 4.79 Å². The van der Waals surface area contributed by atoms with E-state index in [1.165, 1.54) is 27.8 Å². The highest BCUT2D eigenvalue weighted by Crippen LogP contribution is 2.52. The fourth-order valence-corrected chi connectivity index (χ4v) is 6.79. The molecular formula is C30H40N2O3. The number of amides is 1. The molecule has 1 aliphatic carbocycles. The highest BCUT2D eigenvalue weighted by molar-refractivity contribution is 5.72. The topological polar surface area (TPSA) is 53.0 Å². The van der Waals surface area contributed by atoms with Crippen molar-refractivity contribution in [2.24, 2.45) is 11.3 Å². The van der Waals surface area contributed by atoms with Crippen molar-refractivity contribution in [2.45, 2.75) is 71.9 Å². The second-order valence-corrected chi connectivity index (χ2v) is 11.6. The summed E-state index contributed by atoms with van der Waals surface area (Å²) >= 11 is 0. The second-order valence-electron chi connectivity index (χ2n) is 11.6. The normalized spacial score (nSPS) is 26.4. The summed E-state index contributed by atoms with van der Waals surface area (Å²) in [5.41, 5.74) is 5.96. The van der Waals surface area contributed by atoms with Crippen LogP contribution >= 0.6 is 0 Å². The van der Waals surface area contributed by atoms with Crippen molar-refractivity contribution < 1.29 is 14.6 Å². The molecule has 0 aromatic heterocycles. The van der Waals surface area contributed by atoms with Crippen LogP contribution in [0.15, 0.2) is 36.4 Å². The van der Waals surface area contributed by atoms with Crippen LogP contribution in [0.1, 0.15) is 69.2 Å². The van der Waals surface area contributed by atoms with Crippen LogP contribution in [0.5, 0.6) is 5.75 Å². The summed E-state index contributed by atoms with van der Waals surface area (Å²) in [5.74, 6) is 1.39. The molecule has 2 aromatic rings. The molecule has 1 N–H and O–H groups in total. The Morgan fingerprint density at radius 1 is 1.17 bits per heavy atom. The van der Waals surface area contributed by atoms with E-state index in [1.54, 1.807) is 0 Å². The molecule has 3 fully saturated rings. The number of rotatable bonds is 7. The molecule has 3 aliphatic heterocycles. The van der Waals surface area contributed by atoms with Crippen molar-refractivity contribution in [3.63, 3.8) is 0 Å². The van der Waals surface area contributed by atoms with Crippen LogP contribution in [0, 0.1) is 18.3 Å². The highest BCUT2D eigenvalue weighted by atomic mass is 16.5. The molecular weight excluding hydrogens is 436 g/mol. The van der Waals surface area contributed by atoms with Crippen LogP contribution in [-0.4, -0.2) is 53.3 Å². The molecule has 6 rings (SSSR count). The molecule has 0 unspecified atom stereocenters. The highest BCUT2D eigenvalue weighted by Gasteiger charge is 2.50. The molecule has 2 aromatic carbocycles. The number of hydrogen-bond donors (Lipinski definition) is 1. The van der Waals surface area contributed by atoms with E-state index < -0.39 is 6.09 Å². The Bertz CT molecular complexity index is 1070. The van der Waals surface area contributed by atoms with Gasteiger partial charge >= 0.3 is 6.09 Å². The third kappa shape index (κ3) is 4.55. The van der Waals surface area contributed by atoms with E-state index >= 15 is 0 Å². The van der Waals surface area contributed by atoms with Gasteiger partial charge in [0.15, 0.2) is 0 Å². The van der Waals surface area contributed by atoms with Gasteiger partial charge in [-0.1, -0.05) is 51.5 Å². The lowest BCUT2D eigenvalue weighted by Crippen LogP contribution is -2.60. The van der Waals surface area contributed by atoms with Crippen molar-refractivity contribution in [2.75, 3.05) is 26.2 Å². The number of carbonyl (C=O) groups is 1. The SMILES string of the molecule is CCCCOc1ccc(-c2cc3c(cc2C)[C@H](N(C(=O)O)[C@@H]2CN4CCC2CC4)C(C)(C)C3)cc1. The predicted octanol–water partition coefficient (Wildman–Crippen LogP) is 6.54. The minimum Gasteiger partial charge on any atom is -0.494 e. The van der Waals surface area contributed by atoms with E-state index in [-0.39, 0.29) is 17.5 Å². The van der Waals surface area contributed by atoms with Crippen LogP contribution in [-0.2, 0) is 6.42 Å². The Labute approximate surface area is 210 Å². The molecule has 35 heavy (non-hydrogen) atoms. The molecule has 188 valence electrons. The molecule has 3 saturated heterocycles. The van der Waals surface area contributed by atoms with Crippen LogP contribution in [0.2, 0.25) is 0 Å². The van der Waals surface area contributed by atoms with Gasteiger partial charge in [0.25, 0.3) is 0 Å². The van der Waals surface area contributed by atoms with Gasteiger partial charge < -0.3 is 14.7 Å². The van der Waals surface area contributed by atoms with Gasteiger partial charge in [-0.05, 0) is 97.0 Å². The van der Waals surface area contributed by atoms with Crippen molar-refractivity contribution in [3.8, 4) is 16.9 Å². The number of hydrogen-bond acceptors (Lipinski definition) is 3. The number of ether oxygens (including phenoxy) is 1. The van der Waals surface area contributed by atoms with Gasteiger partial charge in [-0.3, -0.25) is 4.90 Å². The number of unbranched alkanes of at least 4 members (excludes halogenated alkanes) is 1. The van der Waals surface area contributed by atoms with Crippen LogP contribution in [0.25, 0.3) is 11.1 Å². The van der Waals surface area contributed by atoms with E-state index in [1.807, 2.05) is 4.90 Å². The quantitative estimate of drug-likeness (QED) is 0.461. The summed E-state index contributed by atoms with van der Waals surface area (Å²) in [5, 5.41) is 10.5. The van der Waals surface area contributed by atoms with E-state index in [0.29, 0.717) is 5.92 Å². The van der Waals surface area contributed by atoms with Gasteiger partial charge in [-0.15, -0.1) is 0 Å². The predicted molar refractivity (Wildman–Crippen MR) is 140 cm³/mol. The van der Waals surface area contributed by atoms with Gasteiger partial charge in [0.2, 0.25) is 0 Å². The number of nitrogens with zero attached hydrogens (tertiary/aromatic N) is 2. The molecule has 5 heteroatoms. The molecule has 0 saturated carbocycles. The summed E-state index contributed by atoms with van der Waals surface area (Å²) in [4.78, 5) is 17.1. The summed E-state index contributed by atoms with van der Waals surface area (Å²) in [6.45, 7) is 12.7. The van der Waals surface area contributed by atoms with Crippen molar-refractivity contribution in [3.05, 3.63) is 53.1 Å². The van der Waals surface area contributed by atoms with Crippen LogP contribution < -0.4 is 4.74 Å². The minimum absolute atomic E-state index is 0.0884. The van der Waals surface area contributed by atoms with E-state index in [0.717, 1.165) is 64.1 Å². The van der Waals surface area contributed by atoms with Crippen LogP contribution in [0.3, 0.4) is 0 Å². The van der Waals surface area contributed by atoms with Crippen molar-refractivity contribution >= 4 is 6.09 Å². The maximum atomic E-state index is 12.8. The molecule has 5 nitrogen and oxygen atoms in total. The van der Waals surface area contributed by atoms with E-state index in [4.69, 9.17) is 4.74 Å². The molecule has 0 spiro atoms. The monoisotopic (exact) mass is 476 g/mol. The first-order valence-electron chi connectivity index (χ1n) is 13.4. The minimum atomic E-state index is -0.768. The van der Waals surface area contributed by atoms with E-state index in [2.05, 4.69) is 69.0 Å². The number of benzene rings is 2. The second kappa shape index (κ2) is 9.50. The summed E-state index contributed by atoms with van der Waals surface area (Å²) in [7, 11) is 0. The summed E-state index contributed by atoms with van der Waals surface area (Å²) in [6, 6.07) is 13.0. The molecule has 1 amide bonds. The van der Waals surface area contributed by atoms with Crippen molar-refractivity contribution in [1.82, 2.24) is 9.80 Å². The van der Waals surface area contributed by atoms with E-state index in [9.17, 15) is 9.90 Å². The first-order chi connectivity index (χ1) is 16.8. The molecule has 2 atom stereocenters. The molecule has 2 bridgehead atoms. The number of piperidine rings is 3. The maximum Gasteiger partial charge on any atom is 0.408 e. The lowest BCUT2D eigenvalue weighted by Gasteiger charge is -2.51. The summed E-state index contributed by atoms with van der Waals surface area (Å²) in [6.07, 6.45) is 4.55. The number of fused-ring (bicyclic) bond motifs is 4. The maximum absolute atomic E-state index is 12.8. The Morgan fingerprint density at radius 3 is 2.49 bits per heavy atom. The number of aryl methyl sites for hydroxylation is 1. The Morgan fingerprint density at radius 2 is 1.89 bits per heavy atom. The average Bonchev–Trinajstić information content (AvgIpc) is 3.09. The molecule has 0 radical (unpaired) electrons. The standard InChI is InChI=1S/C30H40N2O3/c1-5-6-15-35-24-9-7-21(8-10-24)25-17-23-18-30(3,4)28(26(23)16-20(25)2)32(29(33)34)27-19-31-13-11-22(27)12-14-31/h7-10,16-17,22,27-28H,5-6,11-15,18-19H2,1-4H3,(H,33,34)/t27-,28+/m1/s1. The Balaban J connectivity index is 1.46. The molecule has 4 aliphatic rings. The van der Waals surface area contributed by atoms with Gasteiger partial charge in [0.05, 0.1) is 18.7 Å². The zero-order valence-corrected chi connectivity index (χ0v) is 21.7. The summed E-state index contributed by atoms with van der Waals surface area (Å²) < 4.78 is 5.85. The van der Waals surface area contributed by atoms with Crippen molar-refractivity contribution in [1.29, 1.82) is 0 Å². The van der Waals surface area contributed by atoms with Gasteiger partial charge in [-0.25, -0.2) is 4.79 Å². The average molecular weight is 477 g/mol. The first-order valence-corrected chi connectivity index (χ1v) is 13.4.